The minimum Gasteiger partial charge on any atom is -0.380 e. The van der Waals surface area contributed by atoms with E-state index in [1.807, 2.05) is 0 Å². The van der Waals surface area contributed by atoms with E-state index < -0.39 is 0 Å². The van der Waals surface area contributed by atoms with Crippen LogP contribution in [0, 0.1) is 0 Å². The molecule has 0 fully saturated rings. The normalized spacial score (nSPS) is 11.3. The van der Waals surface area contributed by atoms with Crippen LogP contribution in [0.3, 0.4) is 0 Å². The highest BCUT2D eigenvalue weighted by molar-refractivity contribution is 5.73. The van der Waals surface area contributed by atoms with Gasteiger partial charge in [-0.1, -0.05) is 40.0 Å². The highest BCUT2D eigenvalue weighted by atomic mass is 16.2. The van der Waals surface area contributed by atoms with Crippen LogP contribution >= 0.6 is 0 Å². The summed E-state index contributed by atoms with van der Waals surface area (Å²) in [4.78, 5) is 23.1. The second-order valence-corrected chi connectivity index (χ2v) is 6.14. The van der Waals surface area contributed by atoms with E-state index in [4.69, 9.17) is 0 Å². The van der Waals surface area contributed by atoms with Gasteiger partial charge in [0.1, 0.15) is 11.4 Å². The first-order chi connectivity index (χ1) is 10.6. The first kappa shape index (κ1) is 18.7. The second-order valence-electron chi connectivity index (χ2n) is 6.14. The van der Waals surface area contributed by atoms with Gasteiger partial charge in [0.15, 0.2) is 0 Å². The van der Waals surface area contributed by atoms with Gasteiger partial charge in [0.2, 0.25) is 0 Å². The van der Waals surface area contributed by atoms with Crippen molar-refractivity contribution in [2.24, 2.45) is 0 Å². The largest absolute Gasteiger partial charge is 0.380 e. The fourth-order valence-electron chi connectivity index (χ4n) is 2.33. The Balaban J connectivity index is 2.16. The SMILES string of the molecule is CCCCNc1c(NCCCCCCNC(C)C)c(=O)c1=O. The van der Waals surface area contributed by atoms with E-state index in [9.17, 15) is 9.59 Å². The smallest absolute Gasteiger partial charge is 0.253 e. The number of hydrogen-bond acceptors (Lipinski definition) is 5. The number of unbranched alkanes of at least 4 members (excludes halogenated alkanes) is 4. The van der Waals surface area contributed by atoms with Gasteiger partial charge in [0.05, 0.1) is 0 Å². The van der Waals surface area contributed by atoms with E-state index in [0.717, 1.165) is 45.3 Å². The summed E-state index contributed by atoms with van der Waals surface area (Å²) in [6.45, 7) is 8.97. The lowest BCUT2D eigenvalue weighted by atomic mass is 10.1. The number of rotatable bonds is 13. The van der Waals surface area contributed by atoms with E-state index in [2.05, 4.69) is 36.7 Å². The van der Waals surface area contributed by atoms with E-state index in [0.29, 0.717) is 17.4 Å². The first-order valence-corrected chi connectivity index (χ1v) is 8.62. The molecule has 0 radical (unpaired) electrons. The molecule has 1 aromatic carbocycles. The third-order valence-electron chi connectivity index (χ3n) is 3.70. The molecule has 5 nitrogen and oxygen atoms in total. The standard InChI is InChI=1S/C17H31N3O2/c1-4-5-10-19-14-15(17(22)16(14)21)20-12-9-7-6-8-11-18-13(2)3/h13,18-20H,4-12H2,1-3H3. The van der Waals surface area contributed by atoms with Crippen LogP contribution in [0.25, 0.3) is 0 Å². The molecule has 0 aliphatic heterocycles. The zero-order valence-corrected chi connectivity index (χ0v) is 14.3. The van der Waals surface area contributed by atoms with Gasteiger partial charge in [-0.3, -0.25) is 9.59 Å². The maximum Gasteiger partial charge on any atom is 0.253 e. The minimum absolute atomic E-state index is 0.375. The molecular formula is C17H31N3O2. The van der Waals surface area contributed by atoms with Crippen molar-refractivity contribution in [2.45, 2.75) is 65.3 Å². The Labute approximate surface area is 133 Å². The van der Waals surface area contributed by atoms with Crippen LogP contribution < -0.4 is 26.8 Å². The van der Waals surface area contributed by atoms with Crippen molar-refractivity contribution >= 4 is 11.4 Å². The average molecular weight is 309 g/mol. The maximum absolute atomic E-state index is 11.6. The quantitative estimate of drug-likeness (QED) is 0.386. The Kier molecular flexibility index (Phi) is 8.82. The lowest BCUT2D eigenvalue weighted by Crippen LogP contribution is -2.37. The van der Waals surface area contributed by atoms with Crippen molar-refractivity contribution in [1.29, 1.82) is 0 Å². The molecule has 0 spiro atoms. The minimum atomic E-state index is -0.377. The number of anilines is 2. The van der Waals surface area contributed by atoms with Crippen LogP contribution in [0.5, 0.6) is 0 Å². The summed E-state index contributed by atoms with van der Waals surface area (Å²) in [5.74, 6) is 0. The number of nitrogens with one attached hydrogen (secondary N) is 3. The van der Waals surface area contributed by atoms with Crippen LogP contribution in [-0.2, 0) is 0 Å². The summed E-state index contributed by atoms with van der Waals surface area (Å²) in [6, 6.07) is 0.550. The van der Waals surface area contributed by atoms with Gasteiger partial charge in [0, 0.05) is 19.1 Å². The topological polar surface area (TPSA) is 70.2 Å². The van der Waals surface area contributed by atoms with E-state index in [1.165, 1.54) is 12.8 Å². The molecule has 0 aliphatic rings. The Bertz CT molecular complexity index is 490. The van der Waals surface area contributed by atoms with Crippen LogP contribution in [0.4, 0.5) is 11.4 Å². The predicted octanol–water partition coefficient (Wildman–Crippen LogP) is 2.46. The van der Waals surface area contributed by atoms with Gasteiger partial charge >= 0.3 is 0 Å². The third kappa shape index (κ3) is 6.18. The lowest BCUT2D eigenvalue weighted by molar-refractivity contribution is 0.544. The van der Waals surface area contributed by atoms with Gasteiger partial charge in [-0.25, -0.2) is 0 Å². The van der Waals surface area contributed by atoms with Crippen LogP contribution in [0.1, 0.15) is 59.3 Å². The van der Waals surface area contributed by atoms with Crippen molar-refractivity contribution in [3.05, 3.63) is 20.4 Å². The van der Waals surface area contributed by atoms with Crippen molar-refractivity contribution in [3.8, 4) is 0 Å². The molecular weight excluding hydrogens is 278 g/mol. The van der Waals surface area contributed by atoms with Crippen molar-refractivity contribution in [2.75, 3.05) is 30.3 Å². The van der Waals surface area contributed by atoms with Gasteiger partial charge < -0.3 is 16.0 Å². The highest BCUT2D eigenvalue weighted by Gasteiger charge is 2.19. The molecule has 1 aromatic rings. The molecule has 0 bridgehead atoms. The molecule has 0 atom stereocenters. The molecule has 0 heterocycles. The molecule has 0 aliphatic carbocycles. The van der Waals surface area contributed by atoms with Crippen LogP contribution in [0.15, 0.2) is 9.59 Å². The average Bonchev–Trinajstić information content (AvgIpc) is 2.50. The molecule has 0 aromatic heterocycles. The van der Waals surface area contributed by atoms with Gasteiger partial charge in [-0.05, 0) is 25.8 Å². The molecule has 3 N–H and O–H groups in total. The van der Waals surface area contributed by atoms with Gasteiger partial charge in [-0.15, -0.1) is 0 Å². The monoisotopic (exact) mass is 309 g/mol. The van der Waals surface area contributed by atoms with E-state index in [1.54, 1.807) is 0 Å². The van der Waals surface area contributed by atoms with Gasteiger partial charge in [-0.2, -0.15) is 0 Å². The Morgan fingerprint density at radius 1 is 0.773 bits per heavy atom. The molecule has 126 valence electrons. The summed E-state index contributed by atoms with van der Waals surface area (Å²) in [6.07, 6.45) is 6.60. The zero-order chi connectivity index (χ0) is 16.4. The predicted molar refractivity (Wildman–Crippen MR) is 94.8 cm³/mol. The van der Waals surface area contributed by atoms with Crippen LogP contribution in [0.2, 0.25) is 0 Å². The summed E-state index contributed by atoms with van der Waals surface area (Å²) >= 11 is 0. The summed E-state index contributed by atoms with van der Waals surface area (Å²) < 4.78 is 0. The maximum atomic E-state index is 11.6. The molecule has 22 heavy (non-hydrogen) atoms. The Morgan fingerprint density at radius 2 is 1.27 bits per heavy atom. The lowest BCUT2D eigenvalue weighted by Gasteiger charge is -2.14. The Morgan fingerprint density at radius 3 is 1.77 bits per heavy atom. The third-order valence-corrected chi connectivity index (χ3v) is 3.70. The van der Waals surface area contributed by atoms with Gasteiger partial charge in [0.25, 0.3) is 10.9 Å². The van der Waals surface area contributed by atoms with E-state index in [-0.39, 0.29) is 10.9 Å². The molecule has 0 saturated carbocycles. The zero-order valence-electron chi connectivity index (χ0n) is 14.3. The van der Waals surface area contributed by atoms with Crippen molar-refractivity contribution < 1.29 is 0 Å². The fraction of sp³-hybridized carbons (Fsp3) is 0.765. The highest BCUT2D eigenvalue weighted by Crippen LogP contribution is 2.14. The summed E-state index contributed by atoms with van der Waals surface area (Å²) in [7, 11) is 0. The molecule has 1 rings (SSSR count). The molecule has 0 unspecified atom stereocenters. The van der Waals surface area contributed by atoms with Crippen molar-refractivity contribution in [3.63, 3.8) is 0 Å². The molecule has 0 saturated heterocycles. The van der Waals surface area contributed by atoms with Crippen LogP contribution in [-0.4, -0.2) is 25.7 Å². The molecule has 0 amide bonds. The second kappa shape index (κ2) is 10.4. The first-order valence-electron chi connectivity index (χ1n) is 8.62. The fourth-order valence-corrected chi connectivity index (χ4v) is 2.33. The van der Waals surface area contributed by atoms with E-state index >= 15 is 0 Å². The molecule has 5 heteroatoms. The summed E-state index contributed by atoms with van der Waals surface area (Å²) in [5, 5.41) is 9.58. The van der Waals surface area contributed by atoms with Crippen molar-refractivity contribution in [1.82, 2.24) is 5.32 Å². The number of hydrogen-bond donors (Lipinski definition) is 3. The summed E-state index contributed by atoms with van der Waals surface area (Å²) in [5.41, 5.74) is 0.223. The Hall–Kier alpha value is -1.36.